The van der Waals surface area contributed by atoms with Gasteiger partial charge in [-0.05, 0) is 48.2 Å². The van der Waals surface area contributed by atoms with Crippen molar-refractivity contribution in [3.05, 3.63) is 59.7 Å². The predicted molar refractivity (Wildman–Crippen MR) is 85.3 cm³/mol. The average molecular weight is 302 g/mol. The average Bonchev–Trinajstić information content (AvgIpc) is 2.57. The van der Waals surface area contributed by atoms with Crippen LogP contribution in [0, 0.1) is 0 Å². The summed E-state index contributed by atoms with van der Waals surface area (Å²) in [4.78, 5) is 0. The summed E-state index contributed by atoms with van der Waals surface area (Å²) in [6.07, 6.45) is 1.88. The SMILES string of the molecule is COCOc1cccc(CCc2cccc(OCOC)c2)c1. The summed E-state index contributed by atoms with van der Waals surface area (Å²) in [6, 6.07) is 16.2. The van der Waals surface area contributed by atoms with Crippen molar-refractivity contribution >= 4 is 0 Å². The van der Waals surface area contributed by atoms with Gasteiger partial charge < -0.3 is 18.9 Å². The van der Waals surface area contributed by atoms with Crippen molar-refractivity contribution in [3.8, 4) is 11.5 Å². The zero-order chi connectivity index (χ0) is 15.6. The zero-order valence-electron chi connectivity index (χ0n) is 13.1. The van der Waals surface area contributed by atoms with Crippen molar-refractivity contribution in [1.29, 1.82) is 0 Å². The predicted octanol–water partition coefficient (Wildman–Crippen LogP) is 3.44. The summed E-state index contributed by atoms with van der Waals surface area (Å²) in [6.45, 7) is 0.532. The van der Waals surface area contributed by atoms with Gasteiger partial charge in [0.1, 0.15) is 11.5 Å². The molecule has 0 radical (unpaired) electrons. The highest BCUT2D eigenvalue weighted by Gasteiger charge is 2.01. The van der Waals surface area contributed by atoms with Crippen LogP contribution in [0.15, 0.2) is 48.5 Å². The highest BCUT2D eigenvalue weighted by Crippen LogP contribution is 2.18. The lowest BCUT2D eigenvalue weighted by molar-refractivity contribution is 0.0509. The van der Waals surface area contributed by atoms with Crippen molar-refractivity contribution in [2.75, 3.05) is 27.8 Å². The Morgan fingerprint density at radius 1 is 0.682 bits per heavy atom. The van der Waals surface area contributed by atoms with Crippen molar-refractivity contribution in [1.82, 2.24) is 0 Å². The molecule has 0 aliphatic carbocycles. The fourth-order valence-electron chi connectivity index (χ4n) is 2.12. The fourth-order valence-corrected chi connectivity index (χ4v) is 2.12. The summed E-state index contributed by atoms with van der Waals surface area (Å²) in [5, 5.41) is 0. The molecule has 0 fully saturated rings. The Morgan fingerprint density at radius 3 is 1.55 bits per heavy atom. The molecular weight excluding hydrogens is 280 g/mol. The highest BCUT2D eigenvalue weighted by atomic mass is 16.7. The van der Waals surface area contributed by atoms with Crippen LogP contribution in [0.3, 0.4) is 0 Å². The van der Waals surface area contributed by atoms with Gasteiger partial charge >= 0.3 is 0 Å². The Labute approximate surface area is 131 Å². The quantitative estimate of drug-likeness (QED) is 0.665. The third kappa shape index (κ3) is 5.39. The second-order valence-electron chi connectivity index (χ2n) is 4.90. The Morgan fingerprint density at radius 2 is 1.14 bits per heavy atom. The van der Waals surface area contributed by atoms with Crippen molar-refractivity contribution in [2.24, 2.45) is 0 Å². The van der Waals surface area contributed by atoms with Gasteiger partial charge in [-0.15, -0.1) is 0 Å². The highest BCUT2D eigenvalue weighted by molar-refractivity contribution is 5.31. The summed E-state index contributed by atoms with van der Waals surface area (Å²) >= 11 is 0. The van der Waals surface area contributed by atoms with Gasteiger partial charge in [0.2, 0.25) is 0 Å². The van der Waals surface area contributed by atoms with Crippen LogP contribution in [0.5, 0.6) is 11.5 Å². The van der Waals surface area contributed by atoms with E-state index in [9.17, 15) is 0 Å². The minimum absolute atomic E-state index is 0.266. The maximum Gasteiger partial charge on any atom is 0.188 e. The van der Waals surface area contributed by atoms with E-state index in [1.54, 1.807) is 14.2 Å². The number of rotatable bonds is 9. The van der Waals surface area contributed by atoms with E-state index in [-0.39, 0.29) is 13.6 Å². The molecular formula is C18H22O4. The van der Waals surface area contributed by atoms with Gasteiger partial charge in [0, 0.05) is 14.2 Å². The molecule has 0 N–H and O–H groups in total. The van der Waals surface area contributed by atoms with Gasteiger partial charge in [-0.25, -0.2) is 0 Å². The Kier molecular flexibility index (Phi) is 6.74. The zero-order valence-corrected chi connectivity index (χ0v) is 13.1. The Bertz CT molecular complexity index is 517. The summed E-state index contributed by atoms with van der Waals surface area (Å²) < 4.78 is 20.7. The van der Waals surface area contributed by atoms with Crippen LogP contribution in [0.25, 0.3) is 0 Å². The first kappa shape index (κ1) is 16.3. The van der Waals surface area contributed by atoms with Crippen LogP contribution in [0.2, 0.25) is 0 Å². The maximum atomic E-state index is 5.46. The third-order valence-electron chi connectivity index (χ3n) is 3.19. The van der Waals surface area contributed by atoms with Crippen LogP contribution in [-0.2, 0) is 22.3 Å². The molecule has 22 heavy (non-hydrogen) atoms. The second-order valence-corrected chi connectivity index (χ2v) is 4.90. The van der Waals surface area contributed by atoms with E-state index in [4.69, 9.17) is 18.9 Å². The van der Waals surface area contributed by atoms with Crippen LogP contribution < -0.4 is 9.47 Å². The van der Waals surface area contributed by atoms with Gasteiger partial charge in [0.25, 0.3) is 0 Å². The van der Waals surface area contributed by atoms with Gasteiger partial charge in [0.15, 0.2) is 13.6 Å². The van der Waals surface area contributed by atoms with Crippen molar-refractivity contribution in [3.63, 3.8) is 0 Å². The number of aryl methyl sites for hydroxylation is 2. The first-order valence-corrected chi connectivity index (χ1v) is 7.23. The lowest BCUT2D eigenvalue weighted by atomic mass is 10.0. The molecule has 2 rings (SSSR count). The maximum absolute atomic E-state index is 5.46. The lowest BCUT2D eigenvalue weighted by Gasteiger charge is -2.08. The van der Waals surface area contributed by atoms with E-state index in [1.165, 1.54) is 11.1 Å². The summed E-state index contributed by atoms with van der Waals surface area (Å²) in [5.41, 5.74) is 2.47. The first-order chi connectivity index (χ1) is 10.8. The standard InChI is InChI=1S/C18H22O4/c1-19-13-21-17-7-3-5-15(11-17)9-10-16-6-4-8-18(12-16)22-14-20-2/h3-8,11-12H,9-10,13-14H2,1-2H3. The van der Waals surface area contributed by atoms with Crippen LogP contribution >= 0.6 is 0 Å². The van der Waals surface area contributed by atoms with Crippen molar-refractivity contribution in [2.45, 2.75) is 12.8 Å². The van der Waals surface area contributed by atoms with Crippen LogP contribution in [-0.4, -0.2) is 27.8 Å². The molecule has 118 valence electrons. The number of benzene rings is 2. The van der Waals surface area contributed by atoms with E-state index < -0.39 is 0 Å². The molecule has 0 bridgehead atoms. The molecule has 0 heterocycles. The Hall–Kier alpha value is -2.04. The van der Waals surface area contributed by atoms with E-state index in [2.05, 4.69) is 12.1 Å². The van der Waals surface area contributed by atoms with Gasteiger partial charge in [-0.1, -0.05) is 24.3 Å². The van der Waals surface area contributed by atoms with E-state index in [1.807, 2.05) is 36.4 Å². The molecule has 0 spiro atoms. The van der Waals surface area contributed by atoms with Crippen LogP contribution in [0.1, 0.15) is 11.1 Å². The lowest BCUT2D eigenvalue weighted by Crippen LogP contribution is -2.00. The Balaban J connectivity index is 1.92. The summed E-state index contributed by atoms with van der Waals surface area (Å²) in [5.74, 6) is 1.66. The number of hydrogen-bond acceptors (Lipinski definition) is 4. The van der Waals surface area contributed by atoms with Crippen molar-refractivity contribution < 1.29 is 18.9 Å². The molecule has 2 aromatic rings. The van der Waals surface area contributed by atoms with Gasteiger partial charge in [-0.3, -0.25) is 0 Å². The molecule has 4 heteroatoms. The molecule has 0 saturated carbocycles. The minimum Gasteiger partial charge on any atom is -0.468 e. The van der Waals surface area contributed by atoms with E-state index >= 15 is 0 Å². The smallest absolute Gasteiger partial charge is 0.188 e. The third-order valence-corrected chi connectivity index (χ3v) is 3.19. The first-order valence-electron chi connectivity index (χ1n) is 7.23. The largest absolute Gasteiger partial charge is 0.468 e. The molecule has 0 aliphatic heterocycles. The van der Waals surface area contributed by atoms with Crippen LogP contribution in [0.4, 0.5) is 0 Å². The molecule has 0 aromatic heterocycles. The molecule has 0 amide bonds. The minimum atomic E-state index is 0.266. The second kappa shape index (κ2) is 9.07. The monoisotopic (exact) mass is 302 g/mol. The molecule has 4 nitrogen and oxygen atoms in total. The number of hydrogen-bond donors (Lipinski definition) is 0. The molecule has 0 unspecified atom stereocenters. The molecule has 0 aliphatic rings. The van der Waals surface area contributed by atoms with E-state index in [0.29, 0.717) is 0 Å². The molecule has 0 atom stereocenters. The van der Waals surface area contributed by atoms with Gasteiger partial charge in [-0.2, -0.15) is 0 Å². The normalized spacial score (nSPS) is 10.5. The molecule has 2 aromatic carbocycles. The van der Waals surface area contributed by atoms with Gasteiger partial charge in [0.05, 0.1) is 0 Å². The van der Waals surface area contributed by atoms with E-state index in [0.717, 1.165) is 24.3 Å². The number of ether oxygens (including phenoxy) is 4. The topological polar surface area (TPSA) is 36.9 Å². The summed E-state index contributed by atoms with van der Waals surface area (Å²) in [7, 11) is 3.23. The fraction of sp³-hybridized carbons (Fsp3) is 0.333. The molecule has 0 saturated heterocycles. The number of methoxy groups -OCH3 is 2.